The minimum atomic E-state index is -3.79. The summed E-state index contributed by atoms with van der Waals surface area (Å²) >= 11 is 0. The fraction of sp³-hybridized carbons (Fsp3) is 0.417. The van der Waals surface area contributed by atoms with Crippen molar-refractivity contribution >= 4 is 27.6 Å². The summed E-state index contributed by atoms with van der Waals surface area (Å²) in [4.78, 5) is 25.4. The van der Waals surface area contributed by atoms with Crippen LogP contribution in [0, 0.1) is 5.92 Å². The number of sulfonamides is 1. The number of piperidine rings is 1. The Hall–Kier alpha value is -3.51. The highest BCUT2D eigenvalue weighted by Crippen LogP contribution is 2.35. The molecule has 1 N–H and O–H groups in total. The monoisotopic (exact) mass is 522 g/mol. The van der Waals surface area contributed by atoms with Crippen molar-refractivity contribution < 1.29 is 41.7 Å². The quantitative estimate of drug-likeness (QED) is 0.494. The van der Waals surface area contributed by atoms with Gasteiger partial charge >= 0.3 is 5.97 Å². The molecule has 0 aromatic heterocycles. The molecule has 36 heavy (non-hydrogen) atoms. The molecule has 11 nitrogen and oxygen atoms in total. The van der Waals surface area contributed by atoms with Crippen LogP contribution in [0.15, 0.2) is 35.2 Å². The van der Waals surface area contributed by atoms with E-state index in [9.17, 15) is 18.0 Å². The minimum Gasteiger partial charge on any atom is -0.493 e. The van der Waals surface area contributed by atoms with Crippen molar-refractivity contribution in [2.24, 2.45) is 5.92 Å². The Morgan fingerprint density at radius 2 is 1.39 bits per heavy atom. The highest BCUT2D eigenvalue weighted by molar-refractivity contribution is 7.89. The van der Waals surface area contributed by atoms with E-state index in [1.165, 1.54) is 70.2 Å². The number of nitrogens with one attached hydrogen (secondary N) is 1. The minimum absolute atomic E-state index is 0.0797. The smallest absolute Gasteiger partial charge is 0.340 e. The van der Waals surface area contributed by atoms with Crippen LogP contribution in [0.4, 0.5) is 5.69 Å². The van der Waals surface area contributed by atoms with E-state index in [4.69, 9.17) is 23.7 Å². The fourth-order valence-corrected chi connectivity index (χ4v) is 5.47. The maximum absolute atomic E-state index is 13.2. The van der Waals surface area contributed by atoms with Crippen LogP contribution in [0.2, 0.25) is 0 Å². The molecule has 2 aromatic rings. The van der Waals surface area contributed by atoms with Gasteiger partial charge in [-0.05, 0) is 25.0 Å². The molecule has 0 radical (unpaired) electrons. The van der Waals surface area contributed by atoms with E-state index in [0.717, 1.165) is 0 Å². The zero-order chi connectivity index (χ0) is 26.5. The normalized spacial score (nSPS) is 14.6. The molecular weight excluding hydrogens is 492 g/mol. The second-order valence-electron chi connectivity index (χ2n) is 7.93. The van der Waals surface area contributed by atoms with Gasteiger partial charge in [-0.3, -0.25) is 4.79 Å². The van der Waals surface area contributed by atoms with Gasteiger partial charge in [-0.2, -0.15) is 4.31 Å². The number of nitrogens with zero attached hydrogens (tertiary/aromatic N) is 1. The second-order valence-corrected chi connectivity index (χ2v) is 9.87. The number of esters is 1. The SMILES string of the molecule is COC(=O)c1cc(OC)c(OC)cc1NC(=O)C1CCN(S(=O)(=O)c2ccc(OC)c(OC)c2)CC1. The molecule has 1 heterocycles. The zero-order valence-corrected chi connectivity index (χ0v) is 21.6. The Balaban J connectivity index is 1.74. The molecule has 0 aliphatic carbocycles. The number of hydrogen-bond acceptors (Lipinski definition) is 9. The number of methoxy groups -OCH3 is 5. The van der Waals surface area contributed by atoms with Crippen LogP contribution in [0.25, 0.3) is 0 Å². The summed E-state index contributed by atoms with van der Waals surface area (Å²) < 4.78 is 53.4. The molecule has 0 atom stereocenters. The lowest BCUT2D eigenvalue weighted by atomic mass is 9.97. The molecule has 0 spiro atoms. The summed E-state index contributed by atoms with van der Waals surface area (Å²) in [6.45, 7) is 0.315. The molecule has 1 aliphatic heterocycles. The van der Waals surface area contributed by atoms with E-state index in [2.05, 4.69) is 5.32 Å². The summed E-state index contributed by atoms with van der Waals surface area (Å²) in [6, 6.07) is 7.32. The predicted octanol–water partition coefficient (Wildman–Crippen LogP) is 2.55. The van der Waals surface area contributed by atoms with E-state index in [-0.39, 0.29) is 35.1 Å². The highest BCUT2D eigenvalue weighted by Gasteiger charge is 2.33. The van der Waals surface area contributed by atoms with E-state index in [1.807, 2.05) is 0 Å². The Morgan fingerprint density at radius 1 is 0.833 bits per heavy atom. The van der Waals surface area contributed by atoms with Crippen molar-refractivity contribution in [1.29, 1.82) is 0 Å². The summed E-state index contributed by atoms with van der Waals surface area (Å²) in [6.07, 6.45) is 0.610. The highest BCUT2D eigenvalue weighted by atomic mass is 32.2. The third kappa shape index (κ3) is 5.49. The van der Waals surface area contributed by atoms with Gasteiger partial charge in [0.25, 0.3) is 0 Å². The summed E-state index contributed by atoms with van der Waals surface area (Å²) in [5.41, 5.74) is 0.321. The van der Waals surface area contributed by atoms with E-state index < -0.39 is 21.9 Å². The van der Waals surface area contributed by atoms with E-state index in [0.29, 0.717) is 35.8 Å². The Labute approximate surface area is 210 Å². The van der Waals surface area contributed by atoms with Crippen LogP contribution < -0.4 is 24.3 Å². The summed E-state index contributed by atoms with van der Waals surface area (Å²) in [7, 11) is 3.22. The molecule has 1 saturated heterocycles. The van der Waals surface area contributed by atoms with Gasteiger partial charge in [0.05, 0.1) is 51.7 Å². The third-order valence-corrected chi connectivity index (χ3v) is 7.90. The van der Waals surface area contributed by atoms with Crippen LogP contribution in [0.5, 0.6) is 23.0 Å². The van der Waals surface area contributed by atoms with Crippen molar-refractivity contribution in [3.05, 3.63) is 35.9 Å². The number of benzene rings is 2. The van der Waals surface area contributed by atoms with Crippen LogP contribution >= 0.6 is 0 Å². The Kier molecular flexibility index (Phi) is 8.64. The van der Waals surface area contributed by atoms with Gasteiger partial charge < -0.3 is 29.0 Å². The van der Waals surface area contributed by atoms with Gasteiger partial charge in [-0.25, -0.2) is 13.2 Å². The van der Waals surface area contributed by atoms with Gasteiger partial charge in [0, 0.05) is 37.2 Å². The molecule has 1 aliphatic rings. The number of carbonyl (C=O) groups excluding carboxylic acids is 2. The lowest BCUT2D eigenvalue weighted by Crippen LogP contribution is -2.41. The molecule has 1 fully saturated rings. The second kappa shape index (κ2) is 11.5. The topological polar surface area (TPSA) is 130 Å². The molecule has 2 aromatic carbocycles. The van der Waals surface area contributed by atoms with Crippen LogP contribution in [0.3, 0.4) is 0 Å². The molecule has 0 bridgehead atoms. The first-order valence-electron chi connectivity index (χ1n) is 11.1. The number of rotatable bonds is 9. The first kappa shape index (κ1) is 27.1. The first-order valence-corrected chi connectivity index (χ1v) is 12.5. The third-order valence-electron chi connectivity index (χ3n) is 6.00. The maximum Gasteiger partial charge on any atom is 0.340 e. The Morgan fingerprint density at radius 3 is 1.94 bits per heavy atom. The summed E-state index contributed by atoms with van der Waals surface area (Å²) in [5, 5.41) is 2.76. The van der Waals surface area contributed by atoms with Gasteiger partial charge in [-0.15, -0.1) is 0 Å². The van der Waals surface area contributed by atoms with Gasteiger partial charge in [0.2, 0.25) is 15.9 Å². The van der Waals surface area contributed by atoms with Gasteiger partial charge in [0.1, 0.15) is 0 Å². The summed E-state index contributed by atoms with van der Waals surface area (Å²) in [5.74, 6) is -0.0728. The maximum atomic E-state index is 13.2. The number of hydrogen-bond donors (Lipinski definition) is 1. The number of ether oxygens (including phenoxy) is 5. The lowest BCUT2D eigenvalue weighted by molar-refractivity contribution is -0.120. The van der Waals surface area contributed by atoms with Crippen LogP contribution in [0.1, 0.15) is 23.2 Å². The van der Waals surface area contributed by atoms with Crippen LogP contribution in [-0.4, -0.2) is 73.2 Å². The first-order chi connectivity index (χ1) is 17.2. The van der Waals surface area contributed by atoms with Crippen molar-refractivity contribution in [2.45, 2.75) is 17.7 Å². The van der Waals surface area contributed by atoms with Crippen molar-refractivity contribution in [1.82, 2.24) is 4.31 Å². The standard InChI is InChI=1S/C24H30N2O9S/c1-31-19-7-6-16(12-20(19)32-2)36(29,30)26-10-8-15(9-11-26)23(27)25-18-14-22(34-4)21(33-3)13-17(18)24(28)35-5/h6-7,12-15H,8-11H2,1-5H3,(H,25,27). The zero-order valence-electron chi connectivity index (χ0n) is 20.8. The predicted molar refractivity (Wildman–Crippen MR) is 131 cm³/mol. The molecular formula is C24H30N2O9S. The van der Waals surface area contributed by atoms with Gasteiger partial charge in [-0.1, -0.05) is 0 Å². The fourth-order valence-electron chi connectivity index (χ4n) is 3.98. The molecule has 12 heteroatoms. The molecule has 196 valence electrons. The van der Waals surface area contributed by atoms with Crippen molar-refractivity contribution in [3.8, 4) is 23.0 Å². The van der Waals surface area contributed by atoms with E-state index in [1.54, 1.807) is 0 Å². The number of carbonyl (C=O) groups is 2. The average Bonchev–Trinajstić information content (AvgIpc) is 2.91. The Bertz CT molecular complexity index is 1220. The van der Waals surface area contributed by atoms with Crippen molar-refractivity contribution in [3.63, 3.8) is 0 Å². The molecule has 3 rings (SSSR count). The number of amides is 1. The number of anilines is 1. The van der Waals surface area contributed by atoms with Crippen LogP contribution in [-0.2, 0) is 19.6 Å². The van der Waals surface area contributed by atoms with E-state index >= 15 is 0 Å². The lowest BCUT2D eigenvalue weighted by Gasteiger charge is -2.30. The molecule has 1 amide bonds. The average molecular weight is 523 g/mol. The van der Waals surface area contributed by atoms with Crippen molar-refractivity contribution in [2.75, 3.05) is 54.0 Å². The molecule has 0 unspecified atom stereocenters. The largest absolute Gasteiger partial charge is 0.493 e. The van der Waals surface area contributed by atoms with Gasteiger partial charge in [0.15, 0.2) is 23.0 Å². The molecule has 0 saturated carbocycles.